The molecule has 0 fully saturated rings. The van der Waals surface area contributed by atoms with Crippen LogP contribution in [-0.2, 0) is 6.18 Å². The predicted octanol–water partition coefficient (Wildman–Crippen LogP) is 2.64. The summed E-state index contributed by atoms with van der Waals surface area (Å²) >= 11 is 5.69. The number of pyridine rings is 1. The van der Waals surface area contributed by atoms with Gasteiger partial charge in [-0.25, -0.2) is 14.5 Å². The van der Waals surface area contributed by atoms with E-state index >= 15 is 0 Å². The molecule has 0 aliphatic heterocycles. The van der Waals surface area contributed by atoms with Gasteiger partial charge in [0.1, 0.15) is 0 Å². The average Bonchev–Trinajstić information content (AvgIpc) is 2.76. The number of aromatic nitrogens is 3. The Morgan fingerprint density at radius 2 is 2.11 bits per heavy atom. The number of aromatic carboxylic acids is 1. The third kappa shape index (κ3) is 2.53. The maximum Gasteiger partial charge on any atom is 0.417 e. The molecule has 2 heterocycles. The van der Waals surface area contributed by atoms with Crippen molar-refractivity contribution in [2.45, 2.75) is 6.18 Å². The van der Waals surface area contributed by atoms with Crippen LogP contribution in [0, 0.1) is 0 Å². The van der Waals surface area contributed by atoms with Crippen LogP contribution in [0.4, 0.5) is 13.2 Å². The highest BCUT2D eigenvalue weighted by molar-refractivity contribution is 6.32. The zero-order valence-electron chi connectivity index (χ0n) is 9.02. The van der Waals surface area contributed by atoms with Crippen LogP contribution in [0.1, 0.15) is 16.1 Å². The van der Waals surface area contributed by atoms with Gasteiger partial charge >= 0.3 is 12.1 Å². The molecule has 0 radical (unpaired) electrons. The number of carboxylic acid groups (broad SMARTS) is 1. The number of halogens is 4. The Hall–Kier alpha value is -2.09. The lowest BCUT2D eigenvalue weighted by atomic mass is 10.3. The minimum atomic E-state index is -4.57. The molecule has 9 heteroatoms. The number of alkyl halides is 3. The van der Waals surface area contributed by atoms with Crippen molar-refractivity contribution in [1.29, 1.82) is 0 Å². The molecule has 0 aromatic carbocycles. The van der Waals surface area contributed by atoms with E-state index in [0.717, 1.165) is 4.68 Å². The van der Waals surface area contributed by atoms with Crippen molar-refractivity contribution in [1.82, 2.24) is 14.8 Å². The Labute approximate surface area is 109 Å². The van der Waals surface area contributed by atoms with Crippen molar-refractivity contribution in [3.05, 3.63) is 40.8 Å². The fourth-order valence-electron chi connectivity index (χ4n) is 1.38. The summed E-state index contributed by atoms with van der Waals surface area (Å²) in [5, 5.41) is 12.2. The van der Waals surface area contributed by atoms with Crippen LogP contribution >= 0.6 is 11.6 Å². The quantitative estimate of drug-likeness (QED) is 0.923. The first-order chi connectivity index (χ1) is 8.80. The predicted molar refractivity (Wildman–Crippen MR) is 58.3 cm³/mol. The second-order valence-corrected chi connectivity index (χ2v) is 3.87. The first kappa shape index (κ1) is 13.3. The Bertz CT molecular complexity index is 639. The topological polar surface area (TPSA) is 68.0 Å². The molecular formula is C10H5ClF3N3O2. The molecule has 0 bridgehead atoms. The van der Waals surface area contributed by atoms with Gasteiger partial charge in [0, 0.05) is 6.20 Å². The summed E-state index contributed by atoms with van der Waals surface area (Å²) in [5.74, 6) is -1.48. The smallest absolute Gasteiger partial charge is 0.417 e. The molecule has 2 aromatic heterocycles. The summed E-state index contributed by atoms with van der Waals surface area (Å²) in [7, 11) is 0. The molecule has 0 aliphatic carbocycles. The highest BCUT2D eigenvalue weighted by atomic mass is 35.5. The van der Waals surface area contributed by atoms with Crippen LogP contribution in [0.2, 0.25) is 5.02 Å². The molecule has 19 heavy (non-hydrogen) atoms. The summed E-state index contributed by atoms with van der Waals surface area (Å²) in [6, 6.07) is 1.84. The fraction of sp³-hybridized carbons (Fsp3) is 0.100. The third-order valence-corrected chi connectivity index (χ3v) is 2.49. The summed E-state index contributed by atoms with van der Waals surface area (Å²) in [4.78, 5) is 14.4. The first-order valence-electron chi connectivity index (χ1n) is 4.81. The zero-order chi connectivity index (χ0) is 14.2. The van der Waals surface area contributed by atoms with Crippen LogP contribution in [0.15, 0.2) is 24.5 Å². The number of carboxylic acids is 1. The lowest BCUT2D eigenvalue weighted by molar-refractivity contribution is -0.137. The van der Waals surface area contributed by atoms with E-state index in [4.69, 9.17) is 16.7 Å². The number of hydrogen-bond donors (Lipinski definition) is 1. The van der Waals surface area contributed by atoms with E-state index in [2.05, 4.69) is 10.1 Å². The fourth-order valence-corrected chi connectivity index (χ4v) is 1.62. The van der Waals surface area contributed by atoms with Crippen molar-refractivity contribution in [3.8, 4) is 5.82 Å². The van der Waals surface area contributed by atoms with Crippen LogP contribution in [-0.4, -0.2) is 25.8 Å². The second-order valence-electron chi connectivity index (χ2n) is 3.46. The lowest BCUT2D eigenvalue weighted by Gasteiger charge is -2.09. The van der Waals surface area contributed by atoms with Gasteiger partial charge in [-0.3, -0.25) is 0 Å². The zero-order valence-corrected chi connectivity index (χ0v) is 9.77. The SMILES string of the molecule is O=C(O)c1ccnn1-c1ncc(C(F)(F)F)cc1Cl. The van der Waals surface area contributed by atoms with Gasteiger partial charge < -0.3 is 5.11 Å². The largest absolute Gasteiger partial charge is 0.477 e. The minimum Gasteiger partial charge on any atom is -0.477 e. The molecule has 0 aliphatic rings. The molecule has 0 unspecified atom stereocenters. The minimum absolute atomic E-state index is 0.183. The third-order valence-electron chi connectivity index (χ3n) is 2.21. The molecule has 0 saturated carbocycles. The number of nitrogens with zero attached hydrogens (tertiary/aromatic N) is 3. The Kier molecular flexibility index (Phi) is 3.19. The first-order valence-corrected chi connectivity index (χ1v) is 5.19. The van der Waals surface area contributed by atoms with Crippen LogP contribution < -0.4 is 0 Å². The lowest BCUT2D eigenvalue weighted by Crippen LogP contribution is -2.12. The Balaban J connectivity index is 2.53. The van der Waals surface area contributed by atoms with E-state index in [1.54, 1.807) is 0 Å². The standard InChI is InChI=1S/C10H5ClF3N3O2/c11-6-3-5(10(12,13)14)4-15-8(6)17-7(9(18)19)1-2-16-17/h1-4H,(H,18,19). The second kappa shape index (κ2) is 4.54. The van der Waals surface area contributed by atoms with Crippen molar-refractivity contribution < 1.29 is 23.1 Å². The van der Waals surface area contributed by atoms with E-state index in [9.17, 15) is 18.0 Å². The van der Waals surface area contributed by atoms with Crippen molar-refractivity contribution in [2.75, 3.05) is 0 Å². The van der Waals surface area contributed by atoms with E-state index in [1.807, 2.05) is 0 Å². The van der Waals surface area contributed by atoms with Crippen molar-refractivity contribution >= 4 is 17.6 Å². The van der Waals surface area contributed by atoms with E-state index in [1.165, 1.54) is 12.3 Å². The van der Waals surface area contributed by atoms with Crippen molar-refractivity contribution in [2.24, 2.45) is 0 Å². The van der Waals surface area contributed by atoms with Gasteiger partial charge in [-0.05, 0) is 12.1 Å². The number of carbonyl (C=O) groups is 1. The molecule has 0 saturated heterocycles. The average molecular weight is 292 g/mol. The molecular weight excluding hydrogens is 287 g/mol. The highest BCUT2D eigenvalue weighted by Gasteiger charge is 2.32. The van der Waals surface area contributed by atoms with Crippen LogP contribution in [0.5, 0.6) is 0 Å². The van der Waals surface area contributed by atoms with E-state index < -0.39 is 17.7 Å². The monoisotopic (exact) mass is 291 g/mol. The Morgan fingerprint density at radius 1 is 1.42 bits per heavy atom. The van der Waals surface area contributed by atoms with Gasteiger partial charge in [-0.15, -0.1) is 0 Å². The molecule has 0 spiro atoms. The Morgan fingerprint density at radius 3 is 2.63 bits per heavy atom. The highest BCUT2D eigenvalue weighted by Crippen LogP contribution is 2.31. The normalized spacial score (nSPS) is 11.6. The molecule has 2 aromatic rings. The van der Waals surface area contributed by atoms with Gasteiger partial charge in [0.2, 0.25) is 0 Å². The molecule has 100 valence electrons. The number of rotatable bonds is 2. The molecule has 0 atom stereocenters. The molecule has 0 amide bonds. The summed E-state index contributed by atoms with van der Waals surface area (Å²) in [6.45, 7) is 0. The number of hydrogen-bond acceptors (Lipinski definition) is 3. The maximum absolute atomic E-state index is 12.4. The van der Waals surface area contributed by atoms with Gasteiger partial charge in [0.15, 0.2) is 11.5 Å². The van der Waals surface area contributed by atoms with Crippen LogP contribution in [0.3, 0.4) is 0 Å². The van der Waals surface area contributed by atoms with E-state index in [-0.39, 0.29) is 16.5 Å². The van der Waals surface area contributed by atoms with Gasteiger partial charge in [-0.2, -0.15) is 18.3 Å². The van der Waals surface area contributed by atoms with Gasteiger partial charge in [-0.1, -0.05) is 11.6 Å². The summed E-state index contributed by atoms with van der Waals surface area (Å²) < 4.78 is 38.2. The molecule has 1 N–H and O–H groups in total. The molecule has 2 rings (SSSR count). The summed E-state index contributed by atoms with van der Waals surface area (Å²) in [5.41, 5.74) is -1.28. The van der Waals surface area contributed by atoms with Crippen LogP contribution in [0.25, 0.3) is 5.82 Å². The van der Waals surface area contributed by atoms with Crippen molar-refractivity contribution in [3.63, 3.8) is 0 Å². The van der Waals surface area contributed by atoms with Gasteiger partial charge in [0.05, 0.1) is 16.8 Å². The maximum atomic E-state index is 12.4. The summed E-state index contributed by atoms with van der Waals surface area (Å²) in [6.07, 6.45) is -2.83. The molecule has 5 nitrogen and oxygen atoms in total. The van der Waals surface area contributed by atoms with E-state index in [0.29, 0.717) is 12.3 Å². The van der Waals surface area contributed by atoms with Gasteiger partial charge in [0.25, 0.3) is 0 Å².